The Bertz CT molecular complexity index is 1240. The zero-order valence-corrected chi connectivity index (χ0v) is 29.7. The number of aliphatic imine (C=N–C) groups is 1. The van der Waals surface area contributed by atoms with Crippen LogP contribution in [0.4, 0.5) is 11.9 Å². The van der Waals surface area contributed by atoms with Crippen LogP contribution in [0.25, 0.3) is 0 Å². The quantitative estimate of drug-likeness (QED) is 0.400. The number of rotatable bonds is 3. The molecule has 3 saturated heterocycles. The van der Waals surface area contributed by atoms with E-state index >= 15 is 0 Å². The van der Waals surface area contributed by atoms with Crippen molar-refractivity contribution in [2.45, 2.75) is 181 Å². The van der Waals surface area contributed by atoms with Crippen molar-refractivity contribution in [1.82, 2.24) is 19.9 Å². The monoisotopic (exact) mass is 595 g/mol. The molecule has 4 aliphatic heterocycles. The summed E-state index contributed by atoms with van der Waals surface area (Å²) >= 11 is 0. The number of hydrogen-bond acceptors (Lipinski definition) is 8. The largest absolute Gasteiger partial charge is 0.347 e. The molecule has 5 rings (SSSR count). The molecule has 0 aliphatic carbocycles. The number of aromatic nitrogens is 3. The molecule has 0 saturated carbocycles. The molecule has 5 heterocycles. The van der Waals surface area contributed by atoms with E-state index in [-0.39, 0.29) is 51.1 Å². The average Bonchev–Trinajstić information content (AvgIpc) is 2.85. The number of piperidine rings is 2. The summed E-state index contributed by atoms with van der Waals surface area (Å²) in [6.45, 7) is 31.4. The number of hydrogen-bond donors (Lipinski definition) is 2. The van der Waals surface area contributed by atoms with Crippen molar-refractivity contribution in [2.24, 2.45) is 22.1 Å². The van der Waals surface area contributed by atoms with Crippen molar-refractivity contribution < 1.29 is 0 Å². The Balaban J connectivity index is 1.60. The summed E-state index contributed by atoms with van der Waals surface area (Å²) in [6, 6.07) is -0.0220. The molecule has 3 fully saturated rings. The van der Waals surface area contributed by atoms with Crippen LogP contribution in [0.15, 0.2) is 4.99 Å². The second-order valence-electron chi connectivity index (χ2n) is 18.3. The number of nitrogens with one attached hydrogen (secondary N) is 1. The molecular formula is C35H62N8. The molecule has 0 spiro atoms. The average molecular weight is 595 g/mol. The van der Waals surface area contributed by atoms with E-state index in [9.17, 15) is 0 Å². The summed E-state index contributed by atoms with van der Waals surface area (Å²) < 4.78 is 0. The van der Waals surface area contributed by atoms with Crippen molar-refractivity contribution in [3.05, 3.63) is 5.82 Å². The minimum absolute atomic E-state index is 0.00817. The van der Waals surface area contributed by atoms with Crippen LogP contribution >= 0.6 is 0 Å². The molecule has 5 unspecified atom stereocenters. The van der Waals surface area contributed by atoms with Crippen molar-refractivity contribution >= 4 is 17.6 Å². The predicted molar refractivity (Wildman–Crippen MR) is 180 cm³/mol. The van der Waals surface area contributed by atoms with Crippen LogP contribution in [0.1, 0.15) is 141 Å². The van der Waals surface area contributed by atoms with E-state index < -0.39 is 0 Å². The maximum atomic E-state index is 7.31. The van der Waals surface area contributed by atoms with Gasteiger partial charge in [0, 0.05) is 28.2 Å². The standard InChI is InChI=1S/C35H62N8/c1-30(2,3)21-31(4,5)27-39-28-38-25-23(20-32(6,7)43(35(25,12)13)29(40-27)41-28)37-26-24(36)22-18-16-14-15-17-19-42(33(22,8)9)34(26,10)11/h22-25H,14-21,36H2,1-13H3,(H,38,39,40,41). The summed E-state index contributed by atoms with van der Waals surface area (Å²) in [5.41, 5.74) is 7.75. The highest BCUT2D eigenvalue weighted by Crippen LogP contribution is 2.48. The number of nitrogens with two attached hydrogens (primary N) is 1. The number of anilines is 2. The summed E-state index contributed by atoms with van der Waals surface area (Å²) in [5.74, 6) is 2.69. The number of fused-ring (bicyclic) bond motifs is 7. The van der Waals surface area contributed by atoms with E-state index in [2.05, 4.69) is 105 Å². The van der Waals surface area contributed by atoms with E-state index in [0.717, 1.165) is 37.6 Å². The van der Waals surface area contributed by atoms with Gasteiger partial charge in [0.2, 0.25) is 11.9 Å². The summed E-state index contributed by atoms with van der Waals surface area (Å²) in [5, 5.41) is 3.83. The second kappa shape index (κ2) is 10.4. The van der Waals surface area contributed by atoms with E-state index in [1.165, 1.54) is 31.4 Å². The molecule has 0 amide bonds. The molecule has 4 aliphatic rings. The molecule has 0 radical (unpaired) electrons. The zero-order valence-electron chi connectivity index (χ0n) is 29.7. The Hall–Kier alpha value is -1.80. The lowest BCUT2D eigenvalue weighted by molar-refractivity contribution is -0.0159. The maximum absolute atomic E-state index is 7.31. The van der Waals surface area contributed by atoms with E-state index in [0.29, 0.717) is 11.9 Å². The minimum Gasteiger partial charge on any atom is -0.347 e. The fourth-order valence-corrected chi connectivity index (χ4v) is 10.0. The normalized spacial score (nSPS) is 34.0. The number of nitrogens with zero attached hydrogens (tertiary/aromatic N) is 6. The summed E-state index contributed by atoms with van der Waals surface area (Å²) in [7, 11) is 0. The Morgan fingerprint density at radius 3 is 2.19 bits per heavy atom. The Morgan fingerprint density at radius 2 is 1.53 bits per heavy atom. The van der Waals surface area contributed by atoms with Gasteiger partial charge in [-0.2, -0.15) is 15.0 Å². The zero-order chi connectivity index (χ0) is 32.0. The third kappa shape index (κ3) is 5.62. The Labute approximate surface area is 262 Å². The van der Waals surface area contributed by atoms with Crippen LogP contribution in [-0.2, 0) is 5.41 Å². The molecule has 8 nitrogen and oxygen atoms in total. The predicted octanol–water partition coefficient (Wildman–Crippen LogP) is 6.74. The highest BCUT2D eigenvalue weighted by atomic mass is 15.4. The van der Waals surface area contributed by atoms with Crippen molar-refractivity contribution in [3.8, 4) is 0 Å². The third-order valence-corrected chi connectivity index (χ3v) is 11.3. The third-order valence-electron chi connectivity index (χ3n) is 11.3. The highest BCUT2D eigenvalue weighted by Gasteiger charge is 2.58. The van der Waals surface area contributed by atoms with Gasteiger partial charge < -0.3 is 16.0 Å². The lowest BCUT2D eigenvalue weighted by atomic mass is 9.66. The van der Waals surface area contributed by atoms with Crippen molar-refractivity contribution in [3.63, 3.8) is 0 Å². The van der Waals surface area contributed by atoms with Crippen LogP contribution in [-0.4, -0.2) is 72.4 Å². The van der Waals surface area contributed by atoms with Crippen LogP contribution in [0.5, 0.6) is 0 Å². The van der Waals surface area contributed by atoms with Gasteiger partial charge in [-0.25, -0.2) is 0 Å². The Morgan fingerprint density at radius 1 is 0.884 bits per heavy atom. The first-order chi connectivity index (χ1) is 19.6. The van der Waals surface area contributed by atoms with Crippen molar-refractivity contribution in [1.29, 1.82) is 0 Å². The second-order valence-corrected chi connectivity index (χ2v) is 18.3. The molecule has 0 aromatic carbocycles. The first kappa shape index (κ1) is 32.6. The first-order valence-electron chi connectivity index (χ1n) is 17.0. The lowest BCUT2D eigenvalue weighted by Crippen LogP contribution is -2.74. The molecular weight excluding hydrogens is 532 g/mol. The van der Waals surface area contributed by atoms with Gasteiger partial charge in [0.1, 0.15) is 5.82 Å². The van der Waals surface area contributed by atoms with E-state index in [4.69, 9.17) is 25.7 Å². The summed E-state index contributed by atoms with van der Waals surface area (Å²) in [4.78, 5) is 26.3. The van der Waals surface area contributed by atoms with Gasteiger partial charge in [-0.15, -0.1) is 0 Å². The van der Waals surface area contributed by atoms with Crippen LogP contribution < -0.4 is 16.0 Å². The maximum Gasteiger partial charge on any atom is 0.231 e. The molecule has 43 heavy (non-hydrogen) atoms. The Kier molecular flexibility index (Phi) is 7.86. The molecule has 1 aromatic rings. The van der Waals surface area contributed by atoms with Gasteiger partial charge in [0.25, 0.3) is 0 Å². The minimum atomic E-state index is -0.302. The fourth-order valence-electron chi connectivity index (χ4n) is 10.0. The van der Waals surface area contributed by atoms with Crippen molar-refractivity contribution in [2.75, 3.05) is 16.8 Å². The molecule has 5 atom stereocenters. The fraction of sp³-hybridized carbons (Fsp3) is 0.886. The molecule has 3 N–H and O–H groups in total. The molecule has 6 bridgehead atoms. The topological polar surface area (TPSA) is 95.6 Å². The van der Waals surface area contributed by atoms with Gasteiger partial charge >= 0.3 is 0 Å². The van der Waals surface area contributed by atoms with Gasteiger partial charge in [-0.1, -0.05) is 53.9 Å². The van der Waals surface area contributed by atoms with Gasteiger partial charge in [0.15, 0.2) is 0 Å². The highest BCUT2D eigenvalue weighted by molar-refractivity contribution is 5.98. The van der Waals surface area contributed by atoms with Crippen LogP contribution in [0.2, 0.25) is 0 Å². The lowest BCUT2D eigenvalue weighted by Gasteiger charge is -2.60. The molecule has 1 aromatic heterocycles. The van der Waals surface area contributed by atoms with Gasteiger partial charge in [-0.05, 0) is 99.0 Å². The molecule has 8 heteroatoms. The molecule has 242 valence electrons. The van der Waals surface area contributed by atoms with Gasteiger partial charge in [0.05, 0.1) is 23.2 Å². The van der Waals surface area contributed by atoms with E-state index in [1.54, 1.807) is 0 Å². The van der Waals surface area contributed by atoms with E-state index in [1.807, 2.05) is 0 Å². The van der Waals surface area contributed by atoms with Crippen LogP contribution in [0.3, 0.4) is 0 Å². The first-order valence-corrected chi connectivity index (χ1v) is 17.0. The SMILES string of the molecule is CC(C)(C)CC(C)(C)c1nc2nc(n1)N1C(C)(C)CC(N=C3C(N)C4CCCCCCN(C3(C)C)C4(C)C)C(N2)C1(C)C. The van der Waals surface area contributed by atoms with Gasteiger partial charge in [-0.3, -0.25) is 9.89 Å². The smallest absolute Gasteiger partial charge is 0.231 e. The summed E-state index contributed by atoms with van der Waals surface area (Å²) in [6.07, 6.45) is 8.11. The van der Waals surface area contributed by atoms with Crippen LogP contribution in [0, 0.1) is 11.3 Å².